The topological polar surface area (TPSA) is 66.0 Å². The molecular formula is C14H14N4O. The molecule has 0 aliphatic rings. The molecule has 5 heteroatoms. The maximum absolute atomic E-state index is 6.00. The fourth-order valence-corrected chi connectivity index (χ4v) is 2.14. The van der Waals surface area contributed by atoms with E-state index in [1.165, 1.54) is 0 Å². The van der Waals surface area contributed by atoms with Crippen LogP contribution in [0.25, 0.3) is 11.0 Å². The van der Waals surface area contributed by atoms with Gasteiger partial charge in [0, 0.05) is 12.4 Å². The SMILES string of the molecule is COc1cccc2c1nc(N)n2Cc1cccnc1. The van der Waals surface area contributed by atoms with E-state index in [1.807, 2.05) is 41.1 Å². The largest absolute Gasteiger partial charge is 0.494 e. The van der Waals surface area contributed by atoms with Gasteiger partial charge in [-0.15, -0.1) is 0 Å². The summed E-state index contributed by atoms with van der Waals surface area (Å²) in [5, 5.41) is 0. The molecule has 2 aromatic heterocycles. The summed E-state index contributed by atoms with van der Waals surface area (Å²) in [5.41, 5.74) is 8.82. The highest BCUT2D eigenvalue weighted by atomic mass is 16.5. The number of ether oxygens (including phenoxy) is 1. The van der Waals surface area contributed by atoms with E-state index < -0.39 is 0 Å². The summed E-state index contributed by atoms with van der Waals surface area (Å²) in [6.45, 7) is 0.642. The van der Waals surface area contributed by atoms with Crippen LogP contribution in [0.1, 0.15) is 5.56 Å². The highest BCUT2D eigenvalue weighted by Gasteiger charge is 2.12. The molecule has 0 spiro atoms. The molecule has 0 aliphatic carbocycles. The van der Waals surface area contributed by atoms with Crippen LogP contribution in [0.4, 0.5) is 5.95 Å². The molecule has 0 fully saturated rings. The minimum absolute atomic E-state index is 0.475. The summed E-state index contributed by atoms with van der Waals surface area (Å²) in [5.74, 6) is 1.21. The fourth-order valence-electron chi connectivity index (χ4n) is 2.14. The van der Waals surface area contributed by atoms with Gasteiger partial charge in [-0.2, -0.15) is 0 Å². The van der Waals surface area contributed by atoms with Crippen LogP contribution in [0.5, 0.6) is 5.75 Å². The number of aromatic nitrogens is 3. The van der Waals surface area contributed by atoms with Crippen LogP contribution in [-0.4, -0.2) is 21.6 Å². The van der Waals surface area contributed by atoms with E-state index in [1.54, 1.807) is 13.3 Å². The fraction of sp³-hybridized carbons (Fsp3) is 0.143. The number of fused-ring (bicyclic) bond motifs is 1. The van der Waals surface area contributed by atoms with Crippen molar-refractivity contribution in [2.75, 3.05) is 12.8 Å². The van der Waals surface area contributed by atoms with Crippen LogP contribution >= 0.6 is 0 Å². The molecule has 0 amide bonds. The third-order valence-corrected chi connectivity index (χ3v) is 3.05. The Morgan fingerprint density at radius 2 is 2.16 bits per heavy atom. The lowest BCUT2D eigenvalue weighted by Gasteiger charge is -2.06. The Kier molecular flexibility index (Phi) is 2.79. The molecule has 3 rings (SSSR count). The summed E-state index contributed by atoms with van der Waals surface area (Å²) in [7, 11) is 1.63. The van der Waals surface area contributed by atoms with Crippen molar-refractivity contribution in [2.24, 2.45) is 0 Å². The molecular weight excluding hydrogens is 240 g/mol. The van der Waals surface area contributed by atoms with Crippen molar-refractivity contribution in [2.45, 2.75) is 6.54 Å². The van der Waals surface area contributed by atoms with Crippen LogP contribution < -0.4 is 10.5 Å². The predicted molar refractivity (Wildman–Crippen MR) is 74.0 cm³/mol. The standard InChI is InChI=1S/C14H14N4O/c1-19-12-6-2-5-11-13(12)17-14(15)18(11)9-10-4-3-7-16-8-10/h2-8H,9H2,1H3,(H2,15,17). The van der Waals surface area contributed by atoms with Crippen LogP contribution in [0.15, 0.2) is 42.7 Å². The van der Waals surface area contributed by atoms with Gasteiger partial charge in [-0.1, -0.05) is 12.1 Å². The maximum atomic E-state index is 6.00. The molecule has 0 atom stereocenters. The van der Waals surface area contributed by atoms with Crippen molar-refractivity contribution < 1.29 is 4.74 Å². The van der Waals surface area contributed by atoms with Gasteiger partial charge in [-0.05, 0) is 23.8 Å². The van der Waals surface area contributed by atoms with E-state index in [4.69, 9.17) is 10.5 Å². The van der Waals surface area contributed by atoms with E-state index in [9.17, 15) is 0 Å². The van der Waals surface area contributed by atoms with Crippen molar-refractivity contribution in [1.29, 1.82) is 0 Å². The van der Waals surface area contributed by atoms with Gasteiger partial charge in [-0.3, -0.25) is 4.98 Å². The van der Waals surface area contributed by atoms with Crippen molar-refractivity contribution in [1.82, 2.24) is 14.5 Å². The molecule has 1 aromatic carbocycles. The first-order valence-electron chi connectivity index (χ1n) is 5.97. The number of anilines is 1. The van der Waals surface area contributed by atoms with Gasteiger partial charge in [-0.25, -0.2) is 4.98 Å². The zero-order valence-corrected chi connectivity index (χ0v) is 10.6. The Labute approximate surface area is 110 Å². The second-order valence-corrected chi connectivity index (χ2v) is 4.25. The average molecular weight is 254 g/mol. The van der Waals surface area contributed by atoms with Crippen LogP contribution in [0.2, 0.25) is 0 Å². The second-order valence-electron chi connectivity index (χ2n) is 4.25. The van der Waals surface area contributed by atoms with Gasteiger partial charge in [0.25, 0.3) is 0 Å². The van der Waals surface area contributed by atoms with Crippen LogP contribution in [0, 0.1) is 0 Å². The minimum atomic E-state index is 0.475. The Morgan fingerprint density at radius 3 is 2.89 bits per heavy atom. The highest BCUT2D eigenvalue weighted by molar-refractivity contribution is 5.84. The summed E-state index contributed by atoms with van der Waals surface area (Å²) < 4.78 is 7.26. The van der Waals surface area contributed by atoms with Gasteiger partial charge in [0.15, 0.2) is 0 Å². The number of hydrogen-bond donors (Lipinski definition) is 1. The molecule has 0 saturated heterocycles. The summed E-state index contributed by atoms with van der Waals surface area (Å²) >= 11 is 0. The van der Waals surface area contributed by atoms with Gasteiger partial charge < -0.3 is 15.0 Å². The number of rotatable bonds is 3. The number of nitrogens with two attached hydrogens (primary N) is 1. The number of methoxy groups -OCH3 is 1. The number of para-hydroxylation sites is 1. The highest BCUT2D eigenvalue weighted by Crippen LogP contribution is 2.27. The first kappa shape index (κ1) is 11.5. The van der Waals surface area contributed by atoms with E-state index in [-0.39, 0.29) is 0 Å². The lowest BCUT2D eigenvalue weighted by atomic mass is 10.2. The maximum Gasteiger partial charge on any atom is 0.201 e. The van der Waals surface area contributed by atoms with Crippen molar-refractivity contribution in [3.8, 4) is 5.75 Å². The molecule has 0 radical (unpaired) electrons. The normalized spacial score (nSPS) is 10.8. The van der Waals surface area contributed by atoms with E-state index in [0.717, 1.165) is 22.3 Å². The van der Waals surface area contributed by atoms with Gasteiger partial charge in [0.2, 0.25) is 5.95 Å². The smallest absolute Gasteiger partial charge is 0.201 e. The van der Waals surface area contributed by atoms with E-state index in [2.05, 4.69) is 9.97 Å². The number of nitrogen functional groups attached to an aromatic ring is 1. The van der Waals surface area contributed by atoms with Gasteiger partial charge in [0.05, 0.1) is 19.2 Å². The number of nitrogens with zero attached hydrogens (tertiary/aromatic N) is 3. The van der Waals surface area contributed by atoms with Crippen molar-refractivity contribution in [3.63, 3.8) is 0 Å². The third-order valence-electron chi connectivity index (χ3n) is 3.05. The molecule has 2 heterocycles. The first-order chi connectivity index (χ1) is 9.29. The van der Waals surface area contributed by atoms with Crippen LogP contribution in [-0.2, 0) is 6.54 Å². The Morgan fingerprint density at radius 1 is 1.26 bits per heavy atom. The predicted octanol–water partition coefficient (Wildman–Crippen LogP) is 2.07. The molecule has 96 valence electrons. The molecule has 0 aliphatic heterocycles. The molecule has 0 unspecified atom stereocenters. The molecule has 0 bridgehead atoms. The number of imidazole rings is 1. The molecule has 2 N–H and O–H groups in total. The van der Waals surface area contributed by atoms with E-state index in [0.29, 0.717) is 12.5 Å². The zero-order chi connectivity index (χ0) is 13.2. The lowest BCUT2D eigenvalue weighted by molar-refractivity contribution is 0.419. The Hall–Kier alpha value is -2.56. The number of benzene rings is 1. The number of pyridine rings is 1. The third kappa shape index (κ3) is 1.99. The van der Waals surface area contributed by atoms with Crippen molar-refractivity contribution in [3.05, 3.63) is 48.3 Å². The molecule has 19 heavy (non-hydrogen) atoms. The molecule has 5 nitrogen and oxygen atoms in total. The monoisotopic (exact) mass is 254 g/mol. The number of hydrogen-bond acceptors (Lipinski definition) is 4. The zero-order valence-electron chi connectivity index (χ0n) is 10.6. The van der Waals surface area contributed by atoms with Crippen LogP contribution in [0.3, 0.4) is 0 Å². The van der Waals surface area contributed by atoms with Gasteiger partial charge in [0.1, 0.15) is 11.3 Å². The average Bonchev–Trinajstić information content (AvgIpc) is 2.76. The minimum Gasteiger partial charge on any atom is -0.494 e. The quantitative estimate of drug-likeness (QED) is 0.777. The second kappa shape index (κ2) is 4.61. The Balaban J connectivity index is 2.11. The molecule has 0 saturated carbocycles. The summed E-state index contributed by atoms with van der Waals surface area (Å²) in [4.78, 5) is 8.48. The van der Waals surface area contributed by atoms with Crippen molar-refractivity contribution >= 4 is 17.0 Å². The summed E-state index contributed by atoms with van der Waals surface area (Å²) in [6, 6.07) is 9.71. The van der Waals surface area contributed by atoms with E-state index >= 15 is 0 Å². The summed E-state index contributed by atoms with van der Waals surface area (Å²) in [6.07, 6.45) is 3.58. The van der Waals surface area contributed by atoms with Gasteiger partial charge >= 0.3 is 0 Å². The Bertz CT molecular complexity index is 706. The molecule has 3 aromatic rings. The lowest BCUT2D eigenvalue weighted by Crippen LogP contribution is -2.04. The first-order valence-corrected chi connectivity index (χ1v) is 5.97.